The standard InChI is InChI=1S/C6H8N2.C4H9N2O.3CH3O.Ti/c7-5-1-2-6(8)4-3-5;1-2-3-6-4(5)7;3*1-2;/h1-4H,7-8H2;1-3H2,(H3,5,6,7);3*1H3;/q;;3*-1;+3. The van der Waals surface area contributed by atoms with Crippen LogP contribution in [0.1, 0.15) is 6.42 Å². The monoisotopic (exact) mass is 350 g/mol. The number of rotatable bonds is 7. The number of primary amides is 1. The van der Waals surface area contributed by atoms with Gasteiger partial charge < -0.3 is 11.5 Å². The minimum absolute atomic E-state index is 0.512. The van der Waals surface area contributed by atoms with Crippen molar-refractivity contribution in [1.29, 1.82) is 0 Å². The minimum Gasteiger partial charge on any atom is -0.399 e. The van der Waals surface area contributed by atoms with Gasteiger partial charge in [-0.25, -0.2) is 0 Å². The Labute approximate surface area is 136 Å². The van der Waals surface area contributed by atoms with Gasteiger partial charge in [0.1, 0.15) is 0 Å². The molecule has 126 valence electrons. The molecule has 1 aromatic rings. The Morgan fingerprint density at radius 1 is 1.05 bits per heavy atom. The zero-order valence-corrected chi connectivity index (χ0v) is 14.9. The van der Waals surface area contributed by atoms with Crippen molar-refractivity contribution in [2.24, 2.45) is 5.73 Å². The summed E-state index contributed by atoms with van der Waals surface area (Å²) in [6.07, 6.45) is 0.735. The molecule has 2 amide bonds. The molecule has 9 heteroatoms. The van der Waals surface area contributed by atoms with Crippen molar-refractivity contribution in [3.8, 4) is 0 Å². The van der Waals surface area contributed by atoms with Crippen molar-refractivity contribution in [1.82, 2.24) is 5.32 Å². The van der Waals surface area contributed by atoms with Crippen LogP contribution in [0.3, 0.4) is 0 Å². The third-order valence-corrected chi connectivity index (χ3v) is 7.25. The molecule has 0 atom stereocenters. The van der Waals surface area contributed by atoms with Gasteiger partial charge in [-0.1, -0.05) is 0 Å². The summed E-state index contributed by atoms with van der Waals surface area (Å²) in [7, 11) is 4.73. The van der Waals surface area contributed by atoms with Gasteiger partial charge in [-0.05, 0) is 24.3 Å². The molecule has 0 spiro atoms. The Morgan fingerprint density at radius 2 is 1.45 bits per heavy atom. The number of anilines is 2. The van der Waals surface area contributed by atoms with Gasteiger partial charge in [0.15, 0.2) is 0 Å². The molecule has 0 radical (unpaired) electrons. The van der Waals surface area contributed by atoms with Crippen molar-refractivity contribution in [2.75, 3.05) is 39.3 Å². The van der Waals surface area contributed by atoms with E-state index in [0.717, 1.165) is 17.8 Å². The molecule has 7 N–H and O–H groups in total. The molecule has 0 aliphatic carbocycles. The van der Waals surface area contributed by atoms with Gasteiger partial charge in [-0.3, -0.25) is 0 Å². The molecule has 22 heavy (non-hydrogen) atoms. The Morgan fingerprint density at radius 3 is 1.77 bits per heavy atom. The quantitative estimate of drug-likeness (QED) is 0.331. The fourth-order valence-electron chi connectivity index (χ4n) is 1.57. The first-order valence-corrected chi connectivity index (χ1v) is 9.70. The number of amides is 2. The summed E-state index contributed by atoms with van der Waals surface area (Å²) in [4.78, 5) is 10.4. The van der Waals surface area contributed by atoms with E-state index in [1.807, 2.05) is 0 Å². The molecule has 0 bridgehead atoms. The fraction of sp³-hybridized carbons (Fsp3) is 0.462. The van der Waals surface area contributed by atoms with E-state index in [2.05, 4.69) is 5.32 Å². The molecule has 0 saturated heterocycles. The smallest absolute Gasteiger partial charge is 0.0315 e. The average molecular weight is 350 g/mol. The van der Waals surface area contributed by atoms with Crippen LogP contribution in [-0.2, 0) is 27.7 Å². The van der Waals surface area contributed by atoms with Crippen LogP contribution in [-0.4, -0.2) is 33.9 Å². The van der Waals surface area contributed by atoms with E-state index in [1.54, 1.807) is 45.6 Å². The van der Waals surface area contributed by atoms with Crippen LogP contribution in [0.4, 0.5) is 16.2 Å². The second kappa shape index (κ2) is 11.3. The number of hydrogen-bond donors (Lipinski definition) is 4. The van der Waals surface area contributed by atoms with Gasteiger partial charge in [0.25, 0.3) is 0 Å². The first-order valence-electron chi connectivity index (χ1n) is 6.69. The number of carbonyl (C=O) groups excluding carboxylic acids is 1. The van der Waals surface area contributed by atoms with Crippen molar-refractivity contribution >= 4 is 17.4 Å². The first kappa shape index (κ1) is 20.7. The molecular weight excluding hydrogens is 324 g/mol. The maximum atomic E-state index is 10.4. The maximum Gasteiger partial charge on any atom is 0.0315 e. The topological polar surface area (TPSA) is 135 Å². The van der Waals surface area contributed by atoms with E-state index < -0.39 is 23.8 Å². The number of nitrogens with one attached hydrogen (secondary N) is 1. The van der Waals surface area contributed by atoms with Gasteiger partial charge >= 0.3 is 88.6 Å². The molecule has 0 aliphatic rings. The van der Waals surface area contributed by atoms with Crippen molar-refractivity contribution in [3.05, 3.63) is 24.3 Å². The van der Waals surface area contributed by atoms with Crippen molar-refractivity contribution in [2.45, 2.75) is 11.1 Å². The van der Waals surface area contributed by atoms with E-state index in [1.165, 1.54) is 0 Å². The molecule has 1 aromatic carbocycles. The summed E-state index contributed by atoms with van der Waals surface area (Å²) >= 11 is -2.99. The summed E-state index contributed by atoms with van der Waals surface area (Å²) < 4.78 is 16.4. The molecule has 0 heterocycles. The van der Waals surface area contributed by atoms with Crippen LogP contribution in [0.25, 0.3) is 0 Å². The first-order chi connectivity index (χ1) is 10.4. The number of hydrogen-bond acceptors (Lipinski definition) is 6. The number of nitrogens with two attached hydrogens (primary N) is 3. The van der Waals surface area contributed by atoms with Crippen molar-refractivity contribution < 1.29 is 32.5 Å². The minimum atomic E-state index is -2.99. The van der Waals surface area contributed by atoms with E-state index in [9.17, 15) is 4.79 Å². The van der Waals surface area contributed by atoms with Gasteiger partial charge in [0, 0.05) is 11.4 Å². The van der Waals surface area contributed by atoms with Crippen LogP contribution >= 0.6 is 0 Å². The van der Waals surface area contributed by atoms with Crippen LogP contribution in [0.5, 0.6) is 0 Å². The molecule has 0 saturated carbocycles. The van der Waals surface area contributed by atoms with Crippen LogP contribution < -0.4 is 22.5 Å². The average Bonchev–Trinajstić information content (AvgIpc) is 2.52. The van der Waals surface area contributed by atoms with E-state index >= 15 is 0 Å². The Kier molecular flexibility index (Phi) is 10.6. The van der Waals surface area contributed by atoms with Crippen LogP contribution in [0.2, 0.25) is 4.73 Å². The molecule has 0 aromatic heterocycles. The molecule has 0 fully saturated rings. The van der Waals surface area contributed by atoms with E-state index in [-0.39, 0.29) is 0 Å². The normalized spacial score (nSPS) is 10.5. The number of nitrogen functional groups attached to an aromatic ring is 2. The summed E-state index contributed by atoms with van der Waals surface area (Å²) in [6, 6.07) is 6.57. The molecule has 0 unspecified atom stereocenters. The van der Waals surface area contributed by atoms with Crippen LogP contribution in [0, 0.1) is 0 Å². The van der Waals surface area contributed by atoms with Crippen LogP contribution in [0.15, 0.2) is 24.3 Å². The number of urea groups is 1. The maximum absolute atomic E-state index is 10.4. The molecule has 1 rings (SSSR count). The Bertz CT molecular complexity index is 397. The SMILES string of the molecule is C[O][Ti]([CH2]CCNC(N)=O)([O]C)[O]C.Nc1ccc(N)cc1. The third kappa shape index (κ3) is 8.86. The predicted molar refractivity (Wildman–Crippen MR) is 83.3 cm³/mol. The van der Waals surface area contributed by atoms with Gasteiger partial charge in [0.05, 0.1) is 0 Å². The molecule has 0 aliphatic heterocycles. The number of benzene rings is 1. The second-order valence-corrected chi connectivity index (χ2v) is 9.18. The predicted octanol–water partition coefficient (Wildman–Crippen LogP) is 1.15. The Balaban J connectivity index is 0.000000461. The summed E-state index contributed by atoms with van der Waals surface area (Å²) in [5.74, 6) is 0. The molecular formula is C13H26N4O4Ti. The van der Waals surface area contributed by atoms with E-state index in [4.69, 9.17) is 27.2 Å². The fourth-order valence-corrected chi connectivity index (χ4v) is 4.26. The van der Waals surface area contributed by atoms with Crippen molar-refractivity contribution in [3.63, 3.8) is 0 Å². The zero-order chi connectivity index (χ0) is 17.0. The zero-order valence-electron chi connectivity index (χ0n) is 13.3. The van der Waals surface area contributed by atoms with Gasteiger partial charge in [-0.2, -0.15) is 0 Å². The Hall–Kier alpha value is -1.32. The second-order valence-electron chi connectivity index (χ2n) is 4.36. The molecule has 8 nitrogen and oxygen atoms in total. The summed E-state index contributed by atoms with van der Waals surface area (Å²) in [5.41, 5.74) is 17.2. The summed E-state index contributed by atoms with van der Waals surface area (Å²) in [5, 5.41) is 2.49. The van der Waals surface area contributed by atoms with E-state index in [0.29, 0.717) is 11.3 Å². The largest absolute Gasteiger partial charge is 0.399 e. The van der Waals surface area contributed by atoms with Gasteiger partial charge in [-0.15, -0.1) is 0 Å². The third-order valence-electron chi connectivity index (χ3n) is 2.83. The number of carbonyl (C=O) groups is 1. The summed E-state index contributed by atoms with van der Waals surface area (Å²) in [6.45, 7) is 0.512. The van der Waals surface area contributed by atoms with Gasteiger partial charge in [0.2, 0.25) is 0 Å².